The van der Waals surface area contributed by atoms with Gasteiger partial charge in [-0.25, -0.2) is 8.78 Å². The van der Waals surface area contributed by atoms with Crippen LogP contribution in [0.15, 0.2) is 48.5 Å². The highest BCUT2D eigenvalue weighted by Crippen LogP contribution is 2.18. The molecule has 4 nitrogen and oxygen atoms in total. The van der Waals surface area contributed by atoms with Gasteiger partial charge in [-0.1, -0.05) is 12.1 Å². The topological polar surface area (TPSA) is 36.8 Å². The first-order valence-electron chi connectivity index (χ1n) is 8.00. The number of benzene rings is 2. The fourth-order valence-electron chi connectivity index (χ4n) is 2.91. The van der Waals surface area contributed by atoms with Crippen molar-refractivity contribution in [3.05, 3.63) is 60.2 Å². The molecular formula is C18H20F2N3O+. The summed E-state index contributed by atoms with van der Waals surface area (Å²) < 4.78 is 26.7. The third kappa shape index (κ3) is 4.08. The Morgan fingerprint density at radius 1 is 1.04 bits per heavy atom. The van der Waals surface area contributed by atoms with Crippen LogP contribution in [0.2, 0.25) is 0 Å². The molecule has 0 spiro atoms. The summed E-state index contributed by atoms with van der Waals surface area (Å²) in [6, 6.07) is 12.5. The molecule has 0 atom stereocenters. The molecule has 2 aromatic carbocycles. The van der Waals surface area contributed by atoms with Gasteiger partial charge in [0.15, 0.2) is 6.54 Å². The normalized spacial score (nSPS) is 15.3. The van der Waals surface area contributed by atoms with Crippen molar-refractivity contribution in [3.8, 4) is 0 Å². The van der Waals surface area contributed by atoms with E-state index in [2.05, 4.69) is 5.32 Å². The number of rotatable bonds is 4. The number of halogens is 2. The Morgan fingerprint density at radius 2 is 1.71 bits per heavy atom. The molecule has 0 unspecified atom stereocenters. The van der Waals surface area contributed by atoms with Crippen molar-refractivity contribution in [3.63, 3.8) is 0 Å². The van der Waals surface area contributed by atoms with E-state index in [0.29, 0.717) is 31.0 Å². The molecule has 1 aliphatic heterocycles. The van der Waals surface area contributed by atoms with E-state index in [-0.39, 0.29) is 17.5 Å². The molecule has 1 fully saturated rings. The van der Waals surface area contributed by atoms with Crippen molar-refractivity contribution in [2.75, 3.05) is 42.9 Å². The molecule has 2 N–H and O–H groups in total. The summed E-state index contributed by atoms with van der Waals surface area (Å²) in [4.78, 5) is 15.2. The van der Waals surface area contributed by atoms with Gasteiger partial charge in [-0.2, -0.15) is 0 Å². The number of carbonyl (C=O) groups excluding carboxylic acids is 1. The quantitative estimate of drug-likeness (QED) is 0.886. The number of hydrogen-bond donors (Lipinski definition) is 2. The average molecular weight is 332 g/mol. The van der Waals surface area contributed by atoms with E-state index in [1.54, 1.807) is 24.3 Å². The number of carbonyl (C=O) groups is 1. The molecule has 24 heavy (non-hydrogen) atoms. The highest BCUT2D eigenvalue weighted by molar-refractivity contribution is 5.91. The first kappa shape index (κ1) is 16.4. The summed E-state index contributed by atoms with van der Waals surface area (Å²) in [5.41, 5.74) is 1.21. The Labute approximate surface area is 139 Å². The van der Waals surface area contributed by atoms with E-state index >= 15 is 0 Å². The summed E-state index contributed by atoms with van der Waals surface area (Å²) in [7, 11) is 0. The number of quaternary nitrogens is 1. The first-order valence-corrected chi connectivity index (χ1v) is 8.00. The van der Waals surface area contributed by atoms with Gasteiger partial charge < -0.3 is 15.1 Å². The summed E-state index contributed by atoms with van der Waals surface area (Å²) in [5, 5.41) is 2.77. The van der Waals surface area contributed by atoms with Crippen LogP contribution < -0.4 is 15.1 Å². The minimum atomic E-state index is -0.331. The Morgan fingerprint density at radius 3 is 2.38 bits per heavy atom. The lowest BCUT2D eigenvalue weighted by Crippen LogP contribution is -3.15. The molecule has 0 aliphatic carbocycles. The molecular weight excluding hydrogens is 312 g/mol. The fraction of sp³-hybridized carbons (Fsp3) is 0.278. The van der Waals surface area contributed by atoms with E-state index in [1.807, 2.05) is 11.0 Å². The number of piperazine rings is 1. The van der Waals surface area contributed by atoms with Gasteiger partial charge in [0.2, 0.25) is 0 Å². The summed E-state index contributed by atoms with van der Waals surface area (Å²) >= 11 is 0. The van der Waals surface area contributed by atoms with Gasteiger partial charge in [-0.05, 0) is 36.4 Å². The van der Waals surface area contributed by atoms with E-state index < -0.39 is 0 Å². The number of nitrogens with zero attached hydrogens (tertiary/aromatic N) is 1. The molecule has 6 heteroatoms. The largest absolute Gasteiger partial charge is 0.358 e. The predicted molar refractivity (Wildman–Crippen MR) is 89.2 cm³/mol. The van der Waals surface area contributed by atoms with Crippen molar-refractivity contribution < 1.29 is 18.5 Å². The number of amides is 1. The van der Waals surface area contributed by atoms with Gasteiger partial charge in [0.25, 0.3) is 5.91 Å². The monoisotopic (exact) mass is 332 g/mol. The van der Waals surface area contributed by atoms with Crippen LogP contribution in [-0.4, -0.2) is 38.6 Å². The minimum Gasteiger partial charge on any atom is -0.358 e. The molecule has 126 valence electrons. The van der Waals surface area contributed by atoms with Crippen LogP contribution in [0.3, 0.4) is 0 Å². The highest BCUT2D eigenvalue weighted by Gasteiger charge is 2.23. The van der Waals surface area contributed by atoms with Gasteiger partial charge in [-0.15, -0.1) is 0 Å². The van der Waals surface area contributed by atoms with Gasteiger partial charge in [-0.3, -0.25) is 4.79 Å². The van der Waals surface area contributed by atoms with Crippen molar-refractivity contribution in [2.45, 2.75) is 0 Å². The predicted octanol–water partition coefficient (Wildman–Crippen LogP) is 1.31. The van der Waals surface area contributed by atoms with Gasteiger partial charge >= 0.3 is 0 Å². The van der Waals surface area contributed by atoms with E-state index in [9.17, 15) is 13.6 Å². The molecule has 2 aromatic rings. The van der Waals surface area contributed by atoms with Crippen LogP contribution in [0, 0.1) is 11.6 Å². The minimum absolute atomic E-state index is 0.101. The van der Waals surface area contributed by atoms with Crippen molar-refractivity contribution in [1.29, 1.82) is 0 Å². The molecule has 1 aliphatic rings. The van der Waals surface area contributed by atoms with Crippen LogP contribution in [0.5, 0.6) is 0 Å². The molecule has 0 radical (unpaired) electrons. The lowest BCUT2D eigenvalue weighted by atomic mass is 10.2. The molecule has 0 aromatic heterocycles. The lowest BCUT2D eigenvalue weighted by Gasteiger charge is -2.33. The van der Waals surface area contributed by atoms with Crippen LogP contribution in [-0.2, 0) is 4.79 Å². The number of nitrogens with one attached hydrogen (secondary N) is 2. The van der Waals surface area contributed by atoms with E-state index in [1.165, 1.54) is 18.2 Å². The maximum atomic E-state index is 13.8. The second-order valence-corrected chi connectivity index (χ2v) is 5.92. The Balaban J connectivity index is 1.49. The zero-order valence-electron chi connectivity index (χ0n) is 13.3. The van der Waals surface area contributed by atoms with Gasteiger partial charge in [0.05, 0.1) is 31.9 Å². The number of hydrogen-bond acceptors (Lipinski definition) is 2. The zero-order chi connectivity index (χ0) is 16.9. The Kier molecular flexibility index (Phi) is 5.05. The molecule has 1 amide bonds. The molecule has 0 bridgehead atoms. The summed E-state index contributed by atoms with van der Waals surface area (Å²) in [5.74, 6) is -0.645. The van der Waals surface area contributed by atoms with Crippen LogP contribution in [0.4, 0.5) is 20.2 Å². The van der Waals surface area contributed by atoms with Crippen LogP contribution >= 0.6 is 0 Å². The second kappa shape index (κ2) is 7.40. The molecule has 0 saturated carbocycles. The maximum absolute atomic E-state index is 13.8. The molecule has 1 heterocycles. The Hall–Kier alpha value is -2.47. The molecule has 3 rings (SSSR count). The van der Waals surface area contributed by atoms with E-state index in [4.69, 9.17) is 0 Å². The average Bonchev–Trinajstić information content (AvgIpc) is 2.58. The van der Waals surface area contributed by atoms with Crippen molar-refractivity contribution in [1.82, 2.24) is 0 Å². The van der Waals surface area contributed by atoms with E-state index in [0.717, 1.165) is 18.0 Å². The van der Waals surface area contributed by atoms with Gasteiger partial charge in [0, 0.05) is 5.69 Å². The fourth-order valence-corrected chi connectivity index (χ4v) is 2.91. The first-order chi connectivity index (χ1) is 11.6. The standard InChI is InChI=1S/C18H19F2N3O/c19-14-5-7-15(8-6-14)21-18(24)13-22-9-11-23(12-10-22)17-4-2-1-3-16(17)20/h1-8H,9-13H2,(H,21,24)/p+1. The highest BCUT2D eigenvalue weighted by atomic mass is 19.1. The number of anilines is 2. The Bertz CT molecular complexity index is 698. The smallest absolute Gasteiger partial charge is 0.279 e. The lowest BCUT2D eigenvalue weighted by molar-refractivity contribution is -0.892. The molecule has 1 saturated heterocycles. The second-order valence-electron chi connectivity index (χ2n) is 5.92. The van der Waals surface area contributed by atoms with Crippen LogP contribution in [0.1, 0.15) is 0 Å². The summed E-state index contributed by atoms with van der Waals surface area (Å²) in [6.45, 7) is 3.30. The maximum Gasteiger partial charge on any atom is 0.279 e. The van der Waals surface area contributed by atoms with Crippen molar-refractivity contribution >= 4 is 17.3 Å². The zero-order valence-corrected chi connectivity index (χ0v) is 13.3. The SMILES string of the molecule is O=C(C[NH+]1CCN(c2ccccc2F)CC1)Nc1ccc(F)cc1. The van der Waals surface area contributed by atoms with Gasteiger partial charge in [0.1, 0.15) is 11.6 Å². The third-order valence-electron chi connectivity index (χ3n) is 4.20. The van der Waals surface area contributed by atoms with Crippen LogP contribution in [0.25, 0.3) is 0 Å². The van der Waals surface area contributed by atoms with Crippen molar-refractivity contribution in [2.24, 2.45) is 0 Å². The third-order valence-corrected chi connectivity index (χ3v) is 4.20. The number of para-hydroxylation sites is 1. The summed E-state index contributed by atoms with van der Waals surface area (Å²) in [6.07, 6.45) is 0.